The largest absolute Gasteiger partial charge is 0.508 e. The summed E-state index contributed by atoms with van der Waals surface area (Å²) in [7, 11) is 1.71. The lowest BCUT2D eigenvalue weighted by Crippen LogP contribution is -2.59. The van der Waals surface area contributed by atoms with E-state index in [0.29, 0.717) is 32.2 Å². The van der Waals surface area contributed by atoms with Crippen LogP contribution in [-0.4, -0.2) is 72.9 Å². The van der Waals surface area contributed by atoms with Crippen LogP contribution in [0, 0.1) is 0 Å². The molecule has 3 heterocycles. The summed E-state index contributed by atoms with van der Waals surface area (Å²) in [4.78, 5) is 22.3. The first kappa shape index (κ1) is 28.1. The Hall–Kier alpha value is -2.19. The molecule has 0 aliphatic carbocycles. The Labute approximate surface area is 209 Å². The van der Waals surface area contributed by atoms with Crippen LogP contribution in [0.25, 0.3) is 0 Å². The third-order valence-electron chi connectivity index (χ3n) is 6.53. The first-order chi connectivity index (χ1) is 15.3. The lowest BCUT2D eigenvalue weighted by molar-refractivity contribution is -0.121. The number of methoxy groups -OCH3 is 1. The number of anilines is 1. The number of fused-ring (bicyclic) bond motifs is 1. The number of benzene rings is 1. The van der Waals surface area contributed by atoms with E-state index in [0.717, 1.165) is 35.6 Å². The number of carbonyl (C=O) groups is 1. The summed E-state index contributed by atoms with van der Waals surface area (Å²) in [5.41, 5.74) is 3.79. The SMILES string of the molecule is C.COC[C@H]1CN[C@H](C)CN1CC(=O)N1CC(C)(C)c2cnc(Cc3cccc(O)c3)cc21.Cl. The Morgan fingerprint density at radius 3 is 2.79 bits per heavy atom. The van der Waals surface area contributed by atoms with Gasteiger partial charge in [0.2, 0.25) is 5.91 Å². The van der Waals surface area contributed by atoms with Gasteiger partial charge in [0.15, 0.2) is 0 Å². The Morgan fingerprint density at radius 2 is 2.09 bits per heavy atom. The van der Waals surface area contributed by atoms with Gasteiger partial charge in [0.1, 0.15) is 5.75 Å². The number of rotatable bonds is 6. The first-order valence-electron chi connectivity index (χ1n) is 11.3. The van der Waals surface area contributed by atoms with Gasteiger partial charge in [-0.3, -0.25) is 14.7 Å². The van der Waals surface area contributed by atoms with Crippen LogP contribution in [0.3, 0.4) is 0 Å². The molecule has 0 spiro atoms. The number of ether oxygens (including phenoxy) is 1. The minimum absolute atomic E-state index is 0. The molecule has 0 bridgehead atoms. The van der Waals surface area contributed by atoms with Crippen molar-refractivity contribution in [3.05, 3.63) is 53.3 Å². The molecule has 1 saturated heterocycles. The first-order valence-corrected chi connectivity index (χ1v) is 11.3. The van der Waals surface area contributed by atoms with Crippen molar-refractivity contribution in [3.8, 4) is 5.75 Å². The fraction of sp³-hybridized carbons (Fsp3) is 0.538. The molecular weight excluding hydrogens is 452 g/mol. The summed E-state index contributed by atoms with van der Waals surface area (Å²) >= 11 is 0. The molecule has 7 nitrogen and oxygen atoms in total. The summed E-state index contributed by atoms with van der Waals surface area (Å²) in [6.45, 7) is 9.74. The molecule has 0 saturated carbocycles. The number of aromatic hydroxyl groups is 1. The quantitative estimate of drug-likeness (QED) is 0.646. The fourth-order valence-electron chi connectivity index (χ4n) is 4.83. The highest BCUT2D eigenvalue weighted by molar-refractivity contribution is 5.97. The second-order valence-electron chi connectivity index (χ2n) is 9.75. The Balaban J connectivity index is 0.00000204. The lowest BCUT2D eigenvalue weighted by Gasteiger charge is -2.39. The van der Waals surface area contributed by atoms with E-state index < -0.39 is 0 Å². The molecule has 8 heteroatoms. The number of hydrogen-bond acceptors (Lipinski definition) is 6. The number of amides is 1. The molecule has 34 heavy (non-hydrogen) atoms. The molecule has 2 atom stereocenters. The molecular formula is C26H39ClN4O3. The molecule has 2 N–H and O–H groups in total. The number of phenolic OH excluding ortho intramolecular Hbond substituents is 1. The van der Waals surface area contributed by atoms with Crippen LogP contribution in [-0.2, 0) is 21.4 Å². The number of aromatic nitrogens is 1. The Morgan fingerprint density at radius 1 is 1.32 bits per heavy atom. The number of halogens is 1. The maximum Gasteiger partial charge on any atom is 0.241 e. The van der Waals surface area contributed by atoms with E-state index in [4.69, 9.17) is 4.74 Å². The molecule has 188 valence electrons. The van der Waals surface area contributed by atoms with Crippen molar-refractivity contribution in [1.29, 1.82) is 0 Å². The third-order valence-corrected chi connectivity index (χ3v) is 6.53. The number of carbonyl (C=O) groups excluding carboxylic acids is 1. The van der Waals surface area contributed by atoms with Crippen LogP contribution < -0.4 is 10.2 Å². The van der Waals surface area contributed by atoms with Gasteiger partial charge in [-0.25, -0.2) is 0 Å². The van der Waals surface area contributed by atoms with Gasteiger partial charge in [-0.1, -0.05) is 33.4 Å². The number of phenols is 1. The number of nitrogens with zero attached hydrogens (tertiary/aromatic N) is 3. The highest BCUT2D eigenvalue weighted by Crippen LogP contribution is 2.40. The van der Waals surface area contributed by atoms with Gasteiger partial charge < -0.3 is 20.1 Å². The van der Waals surface area contributed by atoms with Gasteiger partial charge in [-0.2, -0.15) is 0 Å². The fourth-order valence-corrected chi connectivity index (χ4v) is 4.83. The second-order valence-corrected chi connectivity index (χ2v) is 9.75. The topological polar surface area (TPSA) is 77.9 Å². The minimum atomic E-state index is -0.149. The van der Waals surface area contributed by atoms with Gasteiger partial charge in [-0.05, 0) is 30.7 Å². The maximum absolute atomic E-state index is 13.5. The molecule has 0 radical (unpaired) electrons. The molecule has 2 aromatic rings. The van der Waals surface area contributed by atoms with Crippen molar-refractivity contribution < 1.29 is 14.6 Å². The van der Waals surface area contributed by atoms with Crippen molar-refractivity contribution in [2.24, 2.45) is 0 Å². The highest BCUT2D eigenvalue weighted by Gasteiger charge is 2.39. The monoisotopic (exact) mass is 490 g/mol. The van der Waals surface area contributed by atoms with Gasteiger partial charge in [0, 0.05) is 68.1 Å². The van der Waals surface area contributed by atoms with E-state index in [9.17, 15) is 9.90 Å². The summed E-state index contributed by atoms with van der Waals surface area (Å²) in [6.07, 6.45) is 2.52. The van der Waals surface area contributed by atoms with Crippen molar-refractivity contribution in [2.75, 3.05) is 44.8 Å². The van der Waals surface area contributed by atoms with Crippen molar-refractivity contribution in [1.82, 2.24) is 15.2 Å². The van der Waals surface area contributed by atoms with Crippen LogP contribution >= 0.6 is 12.4 Å². The standard InChI is InChI=1S/C25H34N4O3.CH4.ClH/c1-17-13-28(20(11-26-17)15-32-4)14-24(31)29-16-25(2,3)22-12-27-19(10-23(22)29)8-18-6-5-7-21(30)9-18;;/h5-7,9-10,12,17,20,26,30H,8,11,13-16H2,1-4H3;1H4;1H/t17-,20-;;/m1../s1. The van der Waals surface area contributed by atoms with E-state index >= 15 is 0 Å². The predicted molar refractivity (Wildman–Crippen MR) is 139 cm³/mol. The summed E-state index contributed by atoms with van der Waals surface area (Å²) < 4.78 is 5.39. The number of pyridine rings is 1. The Kier molecular flexibility index (Phi) is 9.48. The average molecular weight is 491 g/mol. The van der Waals surface area contributed by atoms with E-state index in [2.05, 4.69) is 36.0 Å². The number of piperazine rings is 1. The van der Waals surface area contributed by atoms with E-state index in [-0.39, 0.29) is 42.9 Å². The summed E-state index contributed by atoms with van der Waals surface area (Å²) in [6, 6.07) is 9.80. The van der Waals surface area contributed by atoms with E-state index in [1.54, 1.807) is 19.2 Å². The van der Waals surface area contributed by atoms with Crippen molar-refractivity contribution in [2.45, 2.75) is 52.1 Å². The molecule has 0 unspecified atom stereocenters. The number of nitrogens with one attached hydrogen (secondary N) is 1. The smallest absolute Gasteiger partial charge is 0.241 e. The molecule has 1 aromatic heterocycles. The average Bonchev–Trinajstić information content (AvgIpc) is 3.01. The number of hydrogen-bond donors (Lipinski definition) is 2. The van der Waals surface area contributed by atoms with Crippen LogP contribution in [0.4, 0.5) is 5.69 Å². The van der Waals surface area contributed by atoms with Gasteiger partial charge in [0.05, 0.1) is 18.8 Å². The molecule has 2 aliphatic heterocycles. The highest BCUT2D eigenvalue weighted by atomic mass is 35.5. The summed E-state index contributed by atoms with van der Waals surface area (Å²) in [5.74, 6) is 0.360. The van der Waals surface area contributed by atoms with Crippen LogP contribution in [0.1, 0.15) is 45.0 Å². The Bertz CT molecular complexity index is 984. The van der Waals surface area contributed by atoms with E-state index in [1.165, 1.54) is 0 Å². The zero-order chi connectivity index (χ0) is 22.9. The van der Waals surface area contributed by atoms with Gasteiger partial charge in [0.25, 0.3) is 0 Å². The zero-order valence-electron chi connectivity index (χ0n) is 19.9. The third kappa shape index (κ3) is 6.08. The molecule has 1 amide bonds. The summed E-state index contributed by atoms with van der Waals surface area (Å²) in [5, 5.41) is 13.3. The van der Waals surface area contributed by atoms with Crippen molar-refractivity contribution in [3.63, 3.8) is 0 Å². The predicted octanol–water partition coefficient (Wildman–Crippen LogP) is 3.37. The van der Waals surface area contributed by atoms with Gasteiger partial charge in [-0.15, -0.1) is 12.4 Å². The van der Waals surface area contributed by atoms with Crippen LogP contribution in [0.5, 0.6) is 5.75 Å². The maximum atomic E-state index is 13.5. The lowest BCUT2D eigenvalue weighted by atomic mass is 9.88. The van der Waals surface area contributed by atoms with Crippen molar-refractivity contribution >= 4 is 24.0 Å². The molecule has 1 fully saturated rings. The zero-order valence-corrected chi connectivity index (χ0v) is 20.7. The second kappa shape index (κ2) is 11.5. The molecule has 4 rings (SSSR count). The normalized spacial score (nSPS) is 21.4. The molecule has 1 aromatic carbocycles. The minimum Gasteiger partial charge on any atom is -0.508 e. The van der Waals surface area contributed by atoms with E-state index in [1.807, 2.05) is 29.3 Å². The van der Waals surface area contributed by atoms with Crippen LogP contribution in [0.15, 0.2) is 36.5 Å². The molecule has 2 aliphatic rings. The van der Waals surface area contributed by atoms with Crippen LogP contribution in [0.2, 0.25) is 0 Å². The van der Waals surface area contributed by atoms with Gasteiger partial charge >= 0.3 is 0 Å².